The van der Waals surface area contributed by atoms with Crippen molar-refractivity contribution in [2.45, 2.75) is 13.8 Å². The van der Waals surface area contributed by atoms with Gasteiger partial charge in [0.25, 0.3) is 0 Å². The molecule has 0 unspecified atom stereocenters. The van der Waals surface area contributed by atoms with Crippen LogP contribution in [0.4, 0.5) is 11.4 Å². The van der Waals surface area contributed by atoms with E-state index in [1.165, 1.54) is 5.56 Å². The van der Waals surface area contributed by atoms with E-state index in [2.05, 4.69) is 16.6 Å². The average molecular weight is 278 g/mol. The number of nitrogens with one attached hydrogen (secondary N) is 2. The minimum atomic E-state index is -0.0932. The highest BCUT2D eigenvalue weighted by molar-refractivity contribution is 5.93. The third-order valence-corrected chi connectivity index (χ3v) is 3.27. The molecule has 0 aliphatic heterocycles. The Bertz CT molecular complexity index is 699. The smallest absolute Gasteiger partial charge is 0.243 e. The monoisotopic (exact) mass is 278 g/mol. The van der Waals surface area contributed by atoms with Gasteiger partial charge in [-0.25, -0.2) is 0 Å². The van der Waals surface area contributed by atoms with Crippen molar-refractivity contribution >= 4 is 17.3 Å². The molecule has 0 aliphatic rings. The van der Waals surface area contributed by atoms with Crippen molar-refractivity contribution in [1.29, 1.82) is 0 Å². The van der Waals surface area contributed by atoms with E-state index < -0.39 is 0 Å². The summed E-state index contributed by atoms with van der Waals surface area (Å²) in [5.74, 6) is 2.47. The molecule has 0 fully saturated rings. The number of anilines is 2. The molecule has 0 aliphatic carbocycles. The molecule has 2 rings (SSSR count). The van der Waals surface area contributed by atoms with Crippen LogP contribution in [0.2, 0.25) is 0 Å². The van der Waals surface area contributed by atoms with Gasteiger partial charge in [-0.05, 0) is 55.3 Å². The van der Waals surface area contributed by atoms with Crippen LogP contribution in [-0.2, 0) is 4.79 Å². The number of rotatable bonds is 4. The topological polar surface area (TPSA) is 41.1 Å². The van der Waals surface area contributed by atoms with Crippen LogP contribution in [-0.4, -0.2) is 12.5 Å². The maximum Gasteiger partial charge on any atom is 0.243 e. The summed E-state index contributed by atoms with van der Waals surface area (Å²) < 4.78 is 0. The first-order valence-corrected chi connectivity index (χ1v) is 6.76. The van der Waals surface area contributed by atoms with Gasteiger partial charge in [-0.3, -0.25) is 4.79 Å². The van der Waals surface area contributed by atoms with Gasteiger partial charge in [-0.15, -0.1) is 6.42 Å². The van der Waals surface area contributed by atoms with Crippen LogP contribution in [0, 0.1) is 26.2 Å². The molecule has 3 heteroatoms. The average Bonchev–Trinajstić information content (AvgIpc) is 2.49. The van der Waals surface area contributed by atoms with Crippen molar-refractivity contribution in [1.82, 2.24) is 0 Å². The largest absolute Gasteiger partial charge is 0.376 e. The summed E-state index contributed by atoms with van der Waals surface area (Å²) in [4.78, 5) is 11.9. The summed E-state index contributed by atoms with van der Waals surface area (Å²) in [6.45, 7) is 4.26. The standard InChI is InChI=1S/C18H18N2O/c1-4-15-6-5-7-16(11-15)19-12-18(21)20-17-9-8-13(2)14(3)10-17/h1,5-11,19H,12H2,2-3H3,(H,20,21). The van der Waals surface area contributed by atoms with Crippen LogP contribution in [0.15, 0.2) is 42.5 Å². The quantitative estimate of drug-likeness (QED) is 0.842. The number of hydrogen-bond donors (Lipinski definition) is 2. The second-order valence-electron chi connectivity index (χ2n) is 4.93. The number of aryl methyl sites for hydroxylation is 2. The Labute approximate surface area is 125 Å². The zero-order chi connectivity index (χ0) is 15.2. The zero-order valence-corrected chi connectivity index (χ0v) is 12.2. The van der Waals surface area contributed by atoms with E-state index in [1.54, 1.807) is 0 Å². The minimum absolute atomic E-state index is 0.0932. The lowest BCUT2D eigenvalue weighted by atomic mass is 10.1. The SMILES string of the molecule is C#Cc1cccc(NCC(=O)Nc2ccc(C)c(C)c2)c1. The molecule has 0 atom stereocenters. The van der Waals surface area contributed by atoms with Gasteiger partial charge < -0.3 is 10.6 Å². The van der Waals surface area contributed by atoms with E-state index in [-0.39, 0.29) is 12.5 Å². The molecule has 2 aromatic carbocycles. The lowest BCUT2D eigenvalue weighted by Crippen LogP contribution is -2.21. The van der Waals surface area contributed by atoms with E-state index >= 15 is 0 Å². The summed E-state index contributed by atoms with van der Waals surface area (Å²) in [5.41, 5.74) is 4.79. The van der Waals surface area contributed by atoms with Crippen LogP contribution in [0.5, 0.6) is 0 Å². The highest BCUT2D eigenvalue weighted by Gasteiger charge is 2.03. The summed E-state index contributed by atoms with van der Waals surface area (Å²) in [6, 6.07) is 13.3. The van der Waals surface area contributed by atoms with E-state index in [4.69, 9.17) is 6.42 Å². The van der Waals surface area contributed by atoms with Crippen molar-refractivity contribution in [3.05, 3.63) is 59.2 Å². The highest BCUT2D eigenvalue weighted by Crippen LogP contribution is 2.14. The summed E-state index contributed by atoms with van der Waals surface area (Å²) in [7, 11) is 0. The fourth-order valence-electron chi connectivity index (χ4n) is 1.93. The number of terminal acetylenes is 1. The molecule has 0 aromatic heterocycles. The highest BCUT2D eigenvalue weighted by atomic mass is 16.1. The van der Waals surface area contributed by atoms with Crippen molar-refractivity contribution in [2.24, 2.45) is 0 Å². The third kappa shape index (κ3) is 4.12. The zero-order valence-electron chi connectivity index (χ0n) is 12.2. The normalized spacial score (nSPS) is 9.76. The molecule has 0 saturated heterocycles. The Morgan fingerprint density at radius 3 is 2.62 bits per heavy atom. The molecule has 1 amide bonds. The van der Waals surface area contributed by atoms with Gasteiger partial charge in [-0.2, -0.15) is 0 Å². The molecule has 0 heterocycles. The van der Waals surface area contributed by atoms with Gasteiger partial charge in [-0.1, -0.05) is 18.1 Å². The van der Waals surface area contributed by atoms with E-state index in [0.29, 0.717) is 0 Å². The molecule has 0 bridgehead atoms. The van der Waals surface area contributed by atoms with Crippen LogP contribution >= 0.6 is 0 Å². The Balaban J connectivity index is 1.92. The Morgan fingerprint density at radius 1 is 1.10 bits per heavy atom. The maximum absolute atomic E-state index is 11.9. The van der Waals surface area contributed by atoms with Crippen molar-refractivity contribution in [2.75, 3.05) is 17.2 Å². The van der Waals surface area contributed by atoms with Crippen LogP contribution in [0.3, 0.4) is 0 Å². The molecule has 2 N–H and O–H groups in total. The third-order valence-electron chi connectivity index (χ3n) is 3.27. The molecule has 106 valence electrons. The van der Waals surface area contributed by atoms with Crippen molar-refractivity contribution in [3.8, 4) is 12.3 Å². The van der Waals surface area contributed by atoms with E-state index in [9.17, 15) is 4.79 Å². The number of hydrogen-bond acceptors (Lipinski definition) is 2. The van der Waals surface area contributed by atoms with Gasteiger partial charge in [0.05, 0.1) is 6.54 Å². The Hall–Kier alpha value is -2.73. The number of amides is 1. The number of carbonyl (C=O) groups is 1. The minimum Gasteiger partial charge on any atom is -0.376 e. The Morgan fingerprint density at radius 2 is 1.90 bits per heavy atom. The lowest BCUT2D eigenvalue weighted by Gasteiger charge is -2.09. The first-order chi connectivity index (χ1) is 10.1. The second kappa shape index (κ2) is 6.62. The summed E-state index contributed by atoms with van der Waals surface area (Å²) in [6.07, 6.45) is 5.35. The van der Waals surface area contributed by atoms with E-state index in [1.807, 2.05) is 56.3 Å². The molecule has 0 radical (unpaired) electrons. The molecule has 3 nitrogen and oxygen atoms in total. The van der Waals surface area contributed by atoms with Gasteiger partial charge in [0.15, 0.2) is 0 Å². The van der Waals surface area contributed by atoms with Gasteiger partial charge in [0, 0.05) is 16.9 Å². The molecule has 21 heavy (non-hydrogen) atoms. The first-order valence-electron chi connectivity index (χ1n) is 6.76. The van der Waals surface area contributed by atoms with Crippen LogP contribution in [0.25, 0.3) is 0 Å². The fourth-order valence-corrected chi connectivity index (χ4v) is 1.93. The maximum atomic E-state index is 11.9. The molecule has 0 saturated carbocycles. The number of benzene rings is 2. The molecule has 2 aromatic rings. The summed E-state index contributed by atoms with van der Waals surface area (Å²) in [5, 5.41) is 5.92. The Kier molecular flexibility index (Phi) is 4.63. The van der Waals surface area contributed by atoms with Crippen molar-refractivity contribution < 1.29 is 4.79 Å². The first kappa shape index (κ1) is 14.7. The van der Waals surface area contributed by atoms with Gasteiger partial charge in [0.1, 0.15) is 0 Å². The summed E-state index contributed by atoms with van der Waals surface area (Å²) >= 11 is 0. The molecule has 0 spiro atoms. The number of carbonyl (C=O) groups excluding carboxylic acids is 1. The van der Waals surface area contributed by atoms with Crippen LogP contribution < -0.4 is 10.6 Å². The lowest BCUT2D eigenvalue weighted by molar-refractivity contribution is -0.114. The second-order valence-corrected chi connectivity index (χ2v) is 4.93. The van der Waals surface area contributed by atoms with Gasteiger partial charge in [0.2, 0.25) is 5.91 Å². The molecular formula is C18H18N2O. The molecular weight excluding hydrogens is 260 g/mol. The fraction of sp³-hybridized carbons (Fsp3) is 0.167. The van der Waals surface area contributed by atoms with Crippen LogP contribution in [0.1, 0.15) is 16.7 Å². The van der Waals surface area contributed by atoms with Gasteiger partial charge >= 0.3 is 0 Å². The van der Waals surface area contributed by atoms with Crippen molar-refractivity contribution in [3.63, 3.8) is 0 Å². The van der Waals surface area contributed by atoms with E-state index in [0.717, 1.165) is 22.5 Å². The predicted molar refractivity (Wildman–Crippen MR) is 87.4 cm³/mol. The predicted octanol–water partition coefficient (Wildman–Crippen LogP) is 3.34.